The van der Waals surface area contributed by atoms with Gasteiger partial charge in [0.15, 0.2) is 0 Å². The molecule has 1 atom stereocenters. The molecule has 0 bridgehead atoms. The maximum Gasteiger partial charge on any atom is 0.312 e. The molecule has 0 aromatic carbocycles. The molecular formula is C10H17N3O3. The Kier molecular flexibility index (Phi) is 3.28. The molecule has 0 spiro atoms. The highest BCUT2D eigenvalue weighted by Crippen LogP contribution is 2.21. The Balaban J connectivity index is 1.92. The molecule has 0 radical (unpaired) electrons. The van der Waals surface area contributed by atoms with Gasteiger partial charge in [-0.15, -0.1) is 0 Å². The summed E-state index contributed by atoms with van der Waals surface area (Å²) in [6, 6.07) is -0.798. The van der Waals surface area contributed by atoms with Gasteiger partial charge in [0.2, 0.25) is 5.91 Å². The fourth-order valence-electron chi connectivity index (χ4n) is 2.37. The number of nitrogens with two attached hydrogens (primary N) is 1. The molecule has 6 nitrogen and oxygen atoms in total. The van der Waals surface area contributed by atoms with Crippen molar-refractivity contribution in [3.8, 4) is 0 Å². The van der Waals surface area contributed by atoms with Crippen molar-refractivity contribution < 1.29 is 14.3 Å². The number of carbonyl (C=O) groups is 2. The highest BCUT2D eigenvalue weighted by Gasteiger charge is 2.36. The normalized spacial score (nSPS) is 27.1. The summed E-state index contributed by atoms with van der Waals surface area (Å²) >= 11 is 0. The van der Waals surface area contributed by atoms with Gasteiger partial charge in [-0.3, -0.25) is 4.79 Å². The third-order valence-corrected chi connectivity index (χ3v) is 3.19. The maximum atomic E-state index is 12.0. The molecule has 2 saturated heterocycles. The van der Waals surface area contributed by atoms with Crippen molar-refractivity contribution in [3.63, 3.8) is 0 Å². The number of amides is 3. The van der Waals surface area contributed by atoms with Gasteiger partial charge >= 0.3 is 6.03 Å². The number of nitrogens with one attached hydrogen (secondary N) is 1. The molecule has 0 aromatic rings. The van der Waals surface area contributed by atoms with E-state index < -0.39 is 12.1 Å². The predicted octanol–water partition coefficient (Wildman–Crippen LogP) is -0.565. The third kappa shape index (κ3) is 2.27. The van der Waals surface area contributed by atoms with Crippen LogP contribution in [0.5, 0.6) is 0 Å². The van der Waals surface area contributed by atoms with Crippen LogP contribution in [-0.2, 0) is 9.53 Å². The first-order valence-electron chi connectivity index (χ1n) is 5.62. The average Bonchev–Trinajstić information content (AvgIpc) is 2.61. The number of hydrogen-bond donors (Lipinski definition) is 2. The lowest BCUT2D eigenvalue weighted by Crippen LogP contribution is -2.47. The SMILES string of the molecule is NC(=O)NC1CCN(C2CCOCC2)C1=O. The topological polar surface area (TPSA) is 84.7 Å². The molecule has 3 N–H and O–H groups in total. The standard InChI is InChI=1S/C10H17N3O3/c11-10(15)12-8-1-4-13(9(8)14)7-2-5-16-6-3-7/h7-8H,1-6H2,(H3,11,12,15). The summed E-state index contributed by atoms with van der Waals surface area (Å²) in [6.07, 6.45) is 2.42. The molecule has 0 saturated carbocycles. The Hall–Kier alpha value is -1.30. The minimum atomic E-state index is -0.632. The quantitative estimate of drug-likeness (QED) is 0.663. The molecule has 2 fully saturated rings. The first-order valence-corrected chi connectivity index (χ1v) is 5.62. The minimum Gasteiger partial charge on any atom is -0.381 e. The number of hydrogen-bond acceptors (Lipinski definition) is 3. The van der Waals surface area contributed by atoms with Crippen molar-refractivity contribution >= 4 is 11.9 Å². The molecule has 6 heteroatoms. The van der Waals surface area contributed by atoms with Crippen molar-refractivity contribution in [1.82, 2.24) is 10.2 Å². The van der Waals surface area contributed by atoms with Crippen molar-refractivity contribution in [1.29, 1.82) is 0 Å². The van der Waals surface area contributed by atoms with Crippen LogP contribution >= 0.6 is 0 Å². The predicted molar refractivity (Wildman–Crippen MR) is 56.7 cm³/mol. The number of nitrogens with zero attached hydrogens (tertiary/aromatic N) is 1. The summed E-state index contributed by atoms with van der Waals surface area (Å²) in [7, 11) is 0. The molecule has 0 aromatic heterocycles. The summed E-state index contributed by atoms with van der Waals surface area (Å²) in [5.41, 5.74) is 5.02. The van der Waals surface area contributed by atoms with Gasteiger partial charge in [0.05, 0.1) is 0 Å². The lowest BCUT2D eigenvalue weighted by atomic mass is 10.1. The van der Waals surface area contributed by atoms with E-state index in [2.05, 4.69) is 5.32 Å². The Morgan fingerprint density at radius 3 is 2.69 bits per heavy atom. The van der Waals surface area contributed by atoms with Crippen LogP contribution in [0.3, 0.4) is 0 Å². The molecular weight excluding hydrogens is 210 g/mol. The van der Waals surface area contributed by atoms with E-state index in [1.54, 1.807) is 0 Å². The van der Waals surface area contributed by atoms with Crippen LogP contribution in [0.15, 0.2) is 0 Å². The number of urea groups is 1. The van der Waals surface area contributed by atoms with Gasteiger partial charge < -0.3 is 20.7 Å². The number of ether oxygens (including phenoxy) is 1. The van der Waals surface area contributed by atoms with Crippen LogP contribution in [0.4, 0.5) is 4.79 Å². The van der Waals surface area contributed by atoms with Crippen LogP contribution in [0.1, 0.15) is 19.3 Å². The summed E-state index contributed by atoms with van der Waals surface area (Å²) in [6.45, 7) is 2.12. The third-order valence-electron chi connectivity index (χ3n) is 3.19. The van der Waals surface area contributed by atoms with E-state index in [1.165, 1.54) is 0 Å². The van der Waals surface area contributed by atoms with Crippen molar-refractivity contribution in [2.75, 3.05) is 19.8 Å². The number of carbonyl (C=O) groups excluding carboxylic acids is 2. The second-order valence-electron chi connectivity index (χ2n) is 4.23. The van der Waals surface area contributed by atoms with Gasteiger partial charge in [0.1, 0.15) is 6.04 Å². The second kappa shape index (κ2) is 4.69. The lowest BCUT2D eigenvalue weighted by molar-refractivity contribution is -0.132. The number of rotatable bonds is 2. The van der Waals surface area contributed by atoms with Crippen LogP contribution in [-0.4, -0.2) is 48.7 Å². The van der Waals surface area contributed by atoms with Gasteiger partial charge in [-0.05, 0) is 19.3 Å². The smallest absolute Gasteiger partial charge is 0.312 e. The summed E-state index contributed by atoms with van der Waals surface area (Å²) in [5.74, 6) is -0.00861. The van der Waals surface area contributed by atoms with E-state index in [-0.39, 0.29) is 11.9 Å². The number of primary amides is 1. The molecule has 0 aliphatic carbocycles. The highest BCUT2D eigenvalue weighted by atomic mass is 16.5. The monoisotopic (exact) mass is 227 g/mol. The zero-order valence-electron chi connectivity index (χ0n) is 9.15. The molecule has 16 heavy (non-hydrogen) atoms. The molecule has 90 valence electrons. The Morgan fingerprint density at radius 1 is 1.38 bits per heavy atom. The van der Waals surface area contributed by atoms with Gasteiger partial charge in [-0.2, -0.15) is 0 Å². The van der Waals surface area contributed by atoms with Crippen LogP contribution in [0.2, 0.25) is 0 Å². The van der Waals surface area contributed by atoms with Crippen molar-refractivity contribution in [2.45, 2.75) is 31.3 Å². The van der Waals surface area contributed by atoms with Crippen molar-refractivity contribution in [2.24, 2.45) is 5.73 Å². The molecule has 2 heterocycles. The lowest BCUT2D eigenvalue weighted by Gasteiger charge is -2.31. The largest absolute Gasteiger partial charge is 0.381 e. The van der Waals surface area contributed by atoms with E-state index in [0.717, 1.165) is 12.8 Å². The van der Waals surface area contributed by atoms with Crippen LogP contribution in [0.25, 0.3) is 0 Å². The zero-order valence-corrected chi connectivity index (χ0v) is 9.15. The number of likely N-dealkylation sites (tertiary alicyclic amines) is 1. The van der Waals surface area contributed by atoms with E-state index in [1.807, 2.05) is 4.90 Å². The van der Waals surface area contributed by atoms with E-state index in [4.69, 9.17) is 10.5 Å². The van der Waals surface area contributed by atoms with Gasteiger partial charge in [-0.1, -0.05) is 0 Å². The average molecular weight is 227 g/mol. The molecule has 1 unspecified atom stereocenters. The summed E-state index contributed by atoms with van der Waals surface area (Å²) in [5, 5.41) is 2.48. The molecule has 2 aliphatic rings. The summed E-state index contributed by atoms with van der Waals surface area (Å²) in [4.78, 5) is 24.5. The zero-order chi connectivity index (χ0) is 11.5. The fraction of sp³-hybridized carbons (Fsp3) is 0.800. The highest BCUT2D eigenvalue weighted by molar-refractivity contribution is 5.88. The van der Waals surface area contributed by atoms with Gasteiger partial charge in [0.25, 0.3) is 0 Å². The Labute approximate surface area is 94.1 Å². The fourth-order valence-corrected chi connectivity index (χ4v) is 2.37. The Morgan fingerprint density at radius 2 is 2.06 bits per heavy atom. The van der Waals surface area contributed by atoms with E-state index in [9.17, 15) is 9.59 Å². The second-order valence-corrected chi connectivity index (χ2v) is 4.23. The van der Waals surface area contributed by atoms with Gasteiger partial charge in [-0.25, -0.2) is 4.79 Å². The first-order chi connectivity index (χ1) is 7.68. The maximum absolute atomic E-state index is 12.0. The van der Waals surface area contributed by atoms with E-state index >= 15 is 0 Å². The van der Waals surface area contributed by atoms with Crippen LogP contribution < -0.4 is 11.1 Å². The van der Waals surface area contributed by atoms with Gasteiger partial charge in [0, 0.05) is 25.8 Å². The minimum absolute atomic E-state index is 0.00861. The molecule has 2 rings (SSSR count). The van der Waals surface area contributed by atoms with E-state index in [0.29, 0.717) is 26.2 Å². The molecule has 2 aliphatic heterocycles. The molecule has 3 amide bonds. The van der Waals surface area contributed by atoms with Crippen LogP contribution in [0, 0.1) is 0 Å². The Bertz CT molecular complexity index is 289. The van der Waals surface area contributed by atoms with Crippen molar-refractivity contribution in [3.05, 3.63) is 0 Å². The first kappa shape index (κ1) is 11.2. The summed E-state index contributed by atoms with van der Waals surface area (Å²) < 4.78 is 5.26.